The minimum Gasteiger partial charge on any atom is -0.369 e. The van der Waals surface area contributed by atoms with Gasteiger partial charge in [0.2, 0.25) is 15.9 Å². The fourth-order valence-corrected chi connectivity index (χ4v) is 3.06. The fraction of sp³-hybridized carbons (Fsp3) is 0.250. The number of hydrogen-bond acceptors (Lipinski definition) is 4. The zero-order valence-electron chi connectivity index (χ0n) is 10.8. The van der Waals surface area contributed by atoms with Crippen molar-refractivity contribution >= 4 is 27.5 Å². The van der Waals surface area contributed by atoms with Crippen molar-refractivity contribution in [3.63, 3.8) is 0 Å². The summed E-state index contributed by atoms with van der Waals surface area (Å²) in [6.07, 6.45) is 0. The number of hydrogen-bond donors (Lipinski definition) is 2. The Kier molecular flexibility index (Phi) is 5.53. The van der Waals surface area contributed by atoms with Gasteiger partial charge in [0.1, 0.15) is 4.90 Å². The minimum absolute atomic E-state index is 0.0186. The third-order valence-electron chi connectivity index (χ3n) is 2.33. The van der Waals surface area contributed by atoms with Gasteiger partial charge < -0.3 is 11.5 Å². The first-order valence-electron chi connectivity index (χ1n) is 5.52. The van der Waals surface area contributed by atoms with Crippen molar-refractivity contribution in [3.05, 3.63) is 28.8 Å². The highest BCUT2D eigenvalue weighted by atomic mass is 35.5. The van der Waals surface area contributed by atoms with Crippen molar-refractivity contribution in [1.29, 1.82) is 0 Å². The van der Waals surface area contributed by atoms with Crippen LogP contribution in [0.2, 0.25) is 5.02 Å². The number of nitrogens with two attached hydrogens (primary N) is 2. The summed E-state index contributed by atoms with van der Waals surface area (Å²) in [6.45, 7) is -0.230. The van der Waals surface area contributed by atoms with E-state index < -0.39 is 22.5 Å². The zero-order chi connectivity index (χ0) is 15.3. The molecule has 0 aliphatic rings. The number of carbonyl (C=O) groups excluding carboxylic acids is 1. The Bertz CT molecular complexity index is 677. The predicted molar refractivity (Wildman–Crippen MR) is 76.4 cm³/mol. The average molecular weight is 316 g/mol. The number of amides is 1. The molecule has 0 aliphatic carbocycles. The number of nitrogens with zero attached hydrogens (tertiary/aromatic N) is 1. The van der Waals surface area contributed by atoms with Gasteiger partial charge in [0.15, 0.2) is 0 Å². The Hall–Kier alpha value is -1.59. The lowest BCUT2D eigenvalue weighted by Crippen LogP contribution is -2.35. The molecule has 6 nitrogen and oxygen atoms in total. The quantitative estimate of drug-likeness (QED) is 0.747. The smallest absolute Gasteiger partial charge is 0.244 e. The van der Waals surface area contributed by atoms with E-state index in [1.54, 1.807) is 0 Å². The molecule has 0 saturated heterocycles. The van der Waals surface area contributed by atoms with Gasteiger partial charge >= 0.3 is 0 Å². The monoisotopic (exact) mass is 315 g/mol. The summed E-state index contributed by atoms with van der Waals surface area (Å²) in [6, 6.07) is 4.27. The minimum atomic E-state index is -3.87. The number of rotatable bonds is 4. The molecule has 1 rings (SSSR count). The molecule has 0 fully saturated rings. The van der Waals surface area contributed by atoms with E-state index >= 15 is 0 Å². The van der Waals surface area contributed by atoms with Crippen molar-refractivity contribution in [2.75, 3.05) is 20.1 Å². The third-order valence-corrected chi connectivity index (χ3v) is 4.62. The van der Waals surface area contributed by atoms with Gasteiger partial charge in [-0.1, -0.05) is 23.4 Å². The van der Waals surface area contributed by atoms with E-state index in [1.165, 1.54) is 25.2 Å². The number of primary amides is 1. The van der Waals surface area contributed by atoms with Crippen LogP contribution in [0.25, 0.3) is 0 Å². The molecule has 8 heteroatoms. The first-order chi connectivity index (χ1) is 9.28. The average Bonchev–Trinajstić information content (AvgIpc) is 2.35. The number of halogens is 1. The van der Waals surface area contributed by atoms with Crippen molar-refractivity contribution in [2.45, 2.75) is 4.90 Å². The molecule has 0 atom stereocenters. The summed E-state index contributed by atoms with van der Waals surface area (Å²) in [4.78, 5) is 10.7. The maximum absolute atomic E-state index is 12.2. The van der Waals surface area contributed by atoms with Crippen molar-refractivity contribution < 1.29 is 13.2 Å². The lowest BCUT2D eigenvalue weighted by Gasteiger charge is -2.16. The molecule has 0 saturated carbocycles. The summed E-state index contributed by atoms with van der Waals surface area (Å²) in [5.41, 5.74) is 10.8. The lowest BCUT2D eigenvalue weighted by atomic mass is 10.2. The molecule has 1 aromatic carbocycles. The predicted octanol–water partition coefficient (Wildman–Crippen LogP) is -0.244. The Morgan fingerprint density at radius 1 is 1.45 bits per heavy atom. The van der Waals surface area contributed by atoms with Crippen molar-refractivity contribution in [2.24, 2.45) is 11.5 Å². The maximum Gasteiger partial charge on any atom is 0.244 e. The number of likely N-dealkylation sites (N-methyl/N-ethyl adjacent to an activating group) is 1. The summed E-state index contributed by atoms with van der Waals surface area (Å²) in [5.74, 6) is 4.63. The van der Waals surface area contributed by atoms with E-state index in [1.807, 2.05) is 0 Å². The molecule has 1 aromatic rings. The Morgan fingerprint density at radius 3 is 2.60 bits per heavy atom. The standard InChI is InChI=1S/C12H14ClN3O3S/c1-16(8-12(15)17)20(18,19)11-5-4-9(3-2-6-14)7-10(11)13/h4-5,7H,6,8,14H2,1H3,(H2,15,17). The molecule has 0 heterocycles. The molecule has 0 spiro atoms. The Morgan fingerprint density at radius 2 is 2.10 bits per heavy atom. The molecule has 4 N–H and O–H groups in total. The molecule has 0 unspecified atom stereocenters. The van der Waals surface area contributed by atoms with Crippen LogP contribution in [-0.4, -0.2) is 38.8 Å². The second kappa shape index (κ2) is 6.72. The van der Waals surface area contributed by atoms with E-state index in [2.05, 4.69) is 11.8 Å². The Labute approximate surface area is 122 Å². The first kappa shape index (κ1) is 16.5. The topological polar surface area (TPSA) is 106 Å². The molecule has 20 heavy (non-hydrogen) atoms. The van der Waals surface area contributed by atoms with Gasteiger partial charge in [-0.15, -0.1) is 0 Å². The molecule has 108 valence electrons. The van der Waals surface area contributed by atoms with Gasteiger partial charge in [0.25, 0.3) is 0 Å². The molecule has 0 aromatic heterocycles. The Balaban J connectivity index is 3.17. The second-order valence-corrected chi connectivity index (χ2v) is 6.30. The summed E-state index contributed by atoms with van der Waals surface area (Å²) < 4.78 is 25.2. The summed E-state index contributed by atoms with van der Waals surface area (Å²) in [5, 5.41) is 0.0186. The van der Waals surface area contributed by atoms with Gasteiger partial charge in [-0.2, -0.15) is 4.31 Å². The summed E-state index contributed by atoms with van der Waals surface area (Å²) in [7, 11) is -2.63. The van der Waals surface area contributed by atoms with Crippen molar-refractivity contribution in [1.82, 2.24) is 4.31 Å². The van der Waals surface area contributed by atoms with Gasteiger partial charge in [-0.25, -0.2) is 8.42 Å². The second-order valence-electron chi connectivity index (χ2n) is 3.88. The highest BCUT2D eigenvalue weighted by Gasteiger charge is 2.24. The SMILES string of the molecule is CN(CC(N)=O)S(=O)(=O)c1ccc(C#CCN)cc1Cl. The van der Waals surface area contributed by atoms with Crippen LogP contribution in [0.5, 0.6) is 0 Å². The van der Waals surface area contributed by atoms with Crippen LogP contribution in [0.15, 0.2) is 23.1 Å². The molecule has 0 bridgehead atoms. The largest absolute Gasteiger partial charge is 0.369 e. The molecule has 0 radical (unpaired) electrons. The number of carbonyl (C=O) groups is 1. The number of benzene rings is 1. The fourth-order valence-electron chi connectivity index (χ4n) is 1.41. The normalized spacial score (nSPS) is 11.0. The molecule has 1 amide bonds. The molecular weight excluding hydrogens is 302 g/mol. The van der Waals surface area contributed by atoms with Gasteiger partial charge in [0, 0.05) is 12.6 Å². The van der Waals surface area contributed by atoms with Gasteiger partial charge in [-0.05, 0) is 18.2 Å². The van der Waals surface area contributed by atoms with E-state index in [0.29, 0.717) is 5.56 Å². The third kappa shape index (κ3) is 3.95. The van der Waals surface area contributed by atoms with Crippen LogP contribution < -0.4 is 11.5 Å². The van der Waals surface area contributed by atoms with Crippen molar-refractivity contribution in [3.8, 4) is 11.8 Å². The highest BCUT2D eigenvalue weighted by molar-refractivity contribution is 7.89. The highest BCUT2D eigenvalue weighted by Crippen LogP contribution is 2.24. The first-order valence-corrected chi connectivity index (χ1v) is 7.34. The van der Waals surface area contributed by atoms with Crippen LogP contribution in [0.3, 0.4) is 0 Å². The zero-order valence-corrected chi connectivity index (χ0v) is 12.3. The van der Waals surface area contributed by atoms with Crippen LogP contribution in [-0.2, 0) is 14.8 Å². The van der Waals surface area contributed by atoms with Gasteiger partial charge in [0.05, 0.1) is 18.1 Å². The van der Waals surface area contributed by atoms with Crippen LogP contribution in [0, 0.1) is 11.8 Å². The molecule has 0 aliphatic heterocycles. The van der Waals surface area contributed by atoms with Gasteiger partial charge in [-0.3, -0.25) is 4.79 Å². The van der Waals surface area contributed by atoms with Crippen LogP contribution in [0.1, 0.15) is 5.56 Å². The van der Waals surface area contributed by atoms with E-state index in [9.17, 15) is 13.2 Å². The van der Waals surface area contributed by atoms with E-state index in [0.717, 1.165) is 4.31 Å². The van der Waals surface area contributed by atoms with Crippen LogP contribution in [0.4, 0.5) is 0 Å². The molecular formula is C12H14ClN3O3S. The van der Waals surface area contributed by atoms with E-state index in [4.69, 9.17) is 23.1 Å². The summed E-state index contributed by atoms with van der Waals surface area (Å²) >= 11 is 5.95. The van der Waals surface area contributed by atoms with Crippen LogP contribution >= 0.6 is 11.6 Å². The number of sulfonamides is 1. The van der Waals surface area contributed by atoms with E-state index in [-0.39, 0.29) is 16.5 Å². The maximum atomic E-state index is 12.2. The lowest BCUT2D eigenvalue weighted by molar-refractivity contribution is -0.118.